The monoisotopic (exact) mass is 478 g/mol. The maximum absolute atomic E-state index is 12.7. The number of amides is 1. The van der Waals surface area contributed by atoms with Gasteiger partial charge in [0.15, 0.2) is 0 Å². The molecule has 0 bridgehead atoms. The van der Waals surface area contributed by atoms with Crippen LogP contribution >= 0.6 is 22.7 Å². The Labute approximate surface area is 200 Å². The lowest BCUT2D eigenvalue weighted by Gasteiger charge is -2.30. The fourth-order valence-corrected chi connectivity index (χ4v) is 6.03. The Bertz CT molecular complexity index is 1270. The lowest BCUT2D eigenvalue weighted by atomic mass is 9.96. The van der Waals surface area contributed by atoms with Gasteiger partial charge in [0.2, 0.25) is 5.91 Å². The van der Waals surface area contributed by atoms with Gasteiger partial charge in [-0.15, -0.1) is 22.7 Å². The van der Waals surface area contributed by atoms with Crippen LogP contribution in [0.4, 0.5) is 0 Å². The molecule has 1 amide bonds. The topological polar surface area (TPSA) is 78.1 Å². The lowest BCUT2D eigenvalue weighted by molar-refractivity contribution is -0.126. The average Bonchev–Trinajstić information content (AvgIpc) is 3.50. The van der Waals surface area contributed by atoms with Crippen LogP contribution in [0.5, 0.6) is 0 Å². The Hall–Kier alpha value is -2.81. The van der Waals surface area contributed by atoms with Gasteiger partial charge in [-0.1, -0.05) is 36.4 Å². The van der Waals surface area contributed by atoms with E-state index >= 15 is 0 Å². The minimum atomic E-state index is -0.0894. The van der Waals surface area contributed by atoms with Gasteiger partial charge in [-0.3, -0.25) is 14.5 Å². The van der Waals surface area contributed by atoms with Gasteiger partial charge in [-0.25, -0.2) is 4.98 Å². The van der Waals surface area contributed by atoms with Gasteiger partial charge < -0.3 is 10.3 Å². The third kappa shape index (κ3) is 5.24. The number of fused-ring (bicyclic) bond motifs is 1. The highest BCUT2D eigenvalue weighted by molar-refractivity contribution is 7.21. The second-order valence-corrected chi connectivity index (χ2v) is 10.4. The van der Waals surface area contributed by atoms with Crippen LogP contribution in [0.2, 0.25) is 0 Å². The van der Waals surface area contributed by atoms with E-state index in [1.807, 2.05) is 42.5 Å². The van der Waals surface area contributed by atoms with E-state index in [1.165, 1.54) is 4.88 Å². The summed E-state index contributed by atoms with van der Waals surface area (Å²) >= 11 is 3.27. The molecule has 1 aliphatic heterocycles. The molecule has 6 nitrogen and oxygen atoms in total. The van der Waals surface area contributed by atoms with Crippen LogP contribution < -0.4 is 10.9 Å². The van der Waals surface area contributed by atoms with Crippen molar-refractivity contribution in [3.63, 3.8) is 0 Å². The predicted molar refractivity (Wildman–Crippen MR) is 135 cm³/mol. The fourth-order valence-electron chi connectivity index (χ4n) is 4.27. The summed E-state index contributed by atoms with van der Waals surface area (Å²) in [5.74, 6) is 0.906. The number of thiophene rings is 2. The third-order valence-electron chi connectivity index (χ3n) is 6.09. The molecule has 170 valence electrons. The van der Waals surface area contributed by atoms with Crippen molar-refractivity contribution < 1.29 is 4.79 Å². The number of nitrogens with one attached hydrogen (secondary N) is 2. The zero-order chi connectivity index (χ0) is 22.6. The maximum Gasteiger partial charge on any atom is 0.259 e. The van der Waals surface area contributed by atoms with Crippen molar-refractivity contribution >= 4 is 38.8 Å². The normalized spacial score (nSPS) is 15.2. The molecule has 2 N–H and O–H groups in total. The minimum Gasteiger partial charge on any atom is -0.355 e. The number of carbonyl (C=O) groups excluding carboxylic acids is 1. The van der Waals surface area contributed by atoms with Crippen molar-refractivity contribution in [1.82, 2.24) is 20.2 Å². The second-order valence-electron chi connectivity index (χ2n) is 8.38. The van der Waals surface area contributed by atoms with Crippen molar-refractivity contribution in [2.75, 3.05) is 19.6 Å². The van der Waals surface area contributed by atoms with Gasteiger partial charge in [-0.2, -0.15) is 0 Å². The third-order valence-corrected chi connectivity index (χ3v) is 8.11. The van der Waals surface area contributed by atoms with Crippen molar-refractivity contribution in [2.45, 2.75) is 25.8 Å². The number of carbonyl (C=O) groups is 1. The van der Waals surface area contributed by atoms with Gasteiger partial charge in [0.05, 0.1) is 11.9 Å². The van der Waals surface area contributed by atoms with Gasteiger partial charge >= 0.3 is 0 Å². The first-order valence-corrected chi connectivity index (χ1v) is 13.0. The van der Waals surface area contributed by atoms with E-state index in [9.17, 15) is 9.59 Å². The van der Waals surface area contributed by atoms with E-state index in [4.69, 9.17) is 4.98 Å². The van der Waals surface area contributed by atoms with Crippen LogP contribution in [0, 0.1) is 5.92 Å². The Kier molecular flexibility index (Phi) is 6.66. The predicted octanol–water partition coefficient (Wildman–Crippen LogP) is 4.28. The first-order chi connectivity index (χ1) is 16.2. The molecule has 5 rings (SSSR count). The highest BCUT2D eigenvalue weighted by atomic mass is 32.1. The Morgan fingerprint density at radius 3 is 2.73 bits per heavy atom. The van der Waals surface area contributed by atoms with Gasteiger partial charge in [0, 0.05) is 22.2 Å². The number of hydrogen-bond acceptors (Lipinski definition) is 6. The number of nitrogens with zero attached hydrogens (tertiary/aromatic N) is 2. The molecule has 4 aromatic rings. The largest absolute Gasteiger partial charge is 0.355 e. The van der Waals surface area contributed by atoms with Crippen molar-refractivity contribution in [1.29, 1.82) is 0 Å². The number of benzene rings is 1. The van der Waals surface area contributed by atoms with Crippen LogP contribution in [0.1, 0.15) is 23.5 Å². The number of aromatic amines is 1. The van der Waals surface area contributed by atoms with E-state index in [-0.39, 0.29) is 17.4 Å². The van der Waals surface area contributed by atoms with E-state index < -0.39 is 0 Å². The first-order valence-electron chi connectivity index (χ1n) is 11.3. The molecule has 4 heterocycles. The highest BCUT2D eigenvalue weighted by Crippen LogP contribution is 2.30. The van der Waals surface area contributed by atoms with E-state index in [2.05, 4.69) is 26.6 Å². The summed E-state index contributed by atoms with van der Waals surface area (Å²) in [7, 11) is 0. The fraction of sp³-hybridized carbons (Fsp3) is 0.320. The van der Waals surface area contributed by atoms with E-state index in [0.717, 1.165) is 47.6 Å². The summed E-state index contributed by atoms with van der Waals surface area (Å²) in [5.41, 5.74) is 1.01. The molecular formula is C25H26N4O2S2. The summed E-state index contributed by atoms with van der Waals surface area (Å²) in [5, 5.41) is 5.79. The molecule has 0 atom stereocenters. The molecule has 1 saturated heterocycles. The standard InChI is InChI=1S/C25H26N4O2S2/c30-23(26-11-8-19-7-4-14-32-19)18-9-12-29(13-10-18)16-22-27-24(31)20-15-21(33-25(20)28-22)17-5-2-1-3-6-17/h1-7,14-15,18H,8-13,16H2,(H,26,30)(H,27,28,31). The van der Waals surface area contributed by atoms with Crippen LogP contribution in [0.15, 0.2) is 58.7 Å². The van der Waals surface area contributed by atoms with E-state index in [0.29, 0.717) is 24.3 Å². The number of aromatic nitrogens is 2. The number of hydrogen-bond donors (Lipinski definition) is 2. The Morgan fingerprint density at radius 2 is 1.97 bits per heavy atom. The molecule has 1 aliphatic rings. The Balaban J connectivity index is 1.17. The maximum atomic E-state index is 12.7. The summed E-state index contributed by atoms with van der Waals surface area (Å²) < 4.78 is 0. The van der Waals surface area contributed by atoms with Gasteiger partial charge in [-0.05, 0) is 55.4 Å². The number of likely N-dealkylation sites (tertiary alicyclic amines) is 1. The highest BCUT2D eigenvalue weighted by Gasteiger charge is 2.25. The van der Waals surface area contributed by atoms with Crippen LogP contribution in [-0.2, 0) is 17.8 Å². The second kappa shape index (κ2) is 9.99. The summed E-state index contributed by atoms with van der Waals surface area (Å²) in [4.78, 5) is 38.3. The molecule has 0 saturated carbocycles. The molecule has 1 fully saturated rings. The molecule has 0 unspecified atom stereocenters. The lowest BCUT2D eigenvalue weighted by Crippen LogP contribution is -2.41. The zero-order valence-electron chi connectivity index (χ0n) is 18.3. The average molecular weight is 479 g/mol. The quantitative estimate of drug-likeness (QED) is 0.416. The van der Waals surface area contributed by atoms with Crippen molar-refractivity contribution in [3.8, 4) is 10.4 Å². The number of piperidine rings is 1. The molecule has 1 aromatic carbocycles. The van der Waals surface area contributed by atoms with Gasteiger partial charge in [0.1, 0.15) is 10.7 Å². The van der Waals surface area contributed by atoms with Crippen LogP contribution in [-0.4, -0.2) is 40.4 Å². The summed E-state index contributed by atoms with van der Waals surface area (Å²) in [6.45, 7) is 2.93. The van der Waals surface area contributed by atoms with Crippen molar-refractivity contribution in [2.24, 2.45) is 5.92 Å². The first kappa shape index (κ1) is 22.0. The zero-order valence-corrected chi connectivity index (χ0v) is 19.9. The number of H-pyrrole nitrogens is 1. The molecule has 0 aliphatic carbocycles. The smallest absolute Gasteiger partial charge is 0.259 e. The van der Waals surface area contributed by atoms with Crippen LogP contribution in [0.25, 0.3) is 20.7 Å². The van der Waals surface area contributed by atoms with Crippen molar-refractivity contribution in [3.05, 3.63) is 75.0 Å². The molecule has 0 spiro atoms. The molecule has 0 radical (unpaired) electrons. The molecule has 8 heteroatoms. The summed E-state index contributed by atoms with van der Waals surface area (Å²) in [6, 6.07) is 16.1. The number of rotatable bonds is 7. The summed E-state index contributed by atoms with van der Waals surface area (Å²) in [6.07, 6.45) is 2.54. The molecular weight excluding hydrogens is 452 g/mol. The van der Waals surface area contributed by atoms with E-state index in [1.54, 1.807) is 22.7 Å². The molecule has 3 aromatic heterocycles. The van der Waals surface area contributed by atoms with Gasteiger partial charge in [0.25, 0.3) is 5.56 Å². The Morgan fingerprint density at radius 1 is 1.15 bits per heavy atom. The SMILES string of the molecule is O=C(NCCc1cccs1)C1CCN(Cc2nc3sc(-c4ccccc4)cc3c(=O)[nH]2)CC1. The molecule has 33 heavy (non-hydrogen) atoms. The van der Waals surface area contributed by atoms with Crippen LogP contribution in [0.3, 0.4) is 0 Å². The minimum absolute atomic E-state index is 0.0600.